The van der Waals surface area contributed by atoms with E-state index in [0.717, 1.165) is 30.2 Å². The van der Waals surface area contributed by atoms with Gasteiger partial charge in [-0.1, -0.05) is 28.1 Å². The van der Waals surface area contributed by atoms with Crippen LogP contribution in [-0.4, -0.2) is 24.8 Å². The molecule has 3 heteroatoms. The van der Waals surface area contributed by atoms with Crippen LogP contribution in [0.2, 0.25) is 0 Å². The number of rotatable bonds is 3. The van der Waals surface area contributed by atoms with Crippen LogP contribution in [-0.2, 0) is 4.79 Å². The second-order valence-corrected chi connectivity index (χ2v) is 6.26. The highest BCUT2D eigenvalue weighted by Gasteiger charge is 2.29. The first-order valence-corrected chi connectivity index (χ1v) is 7.31. The molecule has 0 spiro atoms. The summed E-state index contributed by atoms with van der Waals surface area (Å²) >= 11 is 3.54. The van der Waals surface area contributed by atoms with Crippen molar-refractivity contribution in [1.29, 1.82) is 0 Å². The average Bonchev–Trinajstić information content (AvgIpc) is 2.32. The minimum absolute atomic E-state index is 0.413. The molecule has 0 radical (unpaired) electrons. The van der Waals surface area contributed by atoms with Crippen molar-refractivity contribution in [2.45, 2.75) is 31.7 Å². The fourth-order valence-corrected chi connectivity index (χ4v) is 3.38. The summed E-state index contributed by atoms with van der Waals surface area (Å²) in [6.45, 7) is 0. The van der Waals surface area contributed by atoms with E-state index in [9.17, 15) is 4.79 Å². The minimum atomic E-state index is 0.413. The zero-order valence-electron chi connectivity index (χ0n) is 11.0. The third-order valence-corrected chi connectivity index (χ3v) is 4.27. The number of Topliss-reactive ketones (excluding diaryl/α,β-unsaturated/α-hetero) is 1. The second kappa shape index (κ2) is 5.98. The summed E-state index contributed by atoms with van der Waals surface area (Å²) in [5.41, 5.74) is 1.34. The molecule has 2 nitrogen and oxygen atoms in total. The number of carbonyl (C=O) groups is 1. The number of ketones is 1. The van der Waals surface area contributed by atoms with Crippen molar-refractivity contribution in [3.63, 3.8) is 0 Å². The largest absolute Gasteiger partial charge is 0.302 e. The highest BCUT2D eigenvalue weighted by Crippen LogP contribution is 2.36. The van der Waals surface area contributed by atoms with Gasteiger partial charge in [0.2, 0.25) is 0 Å². The van der Waals surface area contributed by atoms with Gasteiger partial charge in [0.25, 0.3) is 0 Å². The Morgan fingerprint density at radius 1 is 1.28 bits per heavy atom. The molecule has 98 valence electrons. The monoisotopic (exact) mass is 309 g/mol. The van der Waals surface area contributed by atoms with Crippen LogP contribution in [0.25, 0.3) is 0 Å². The lowest BCUT2D eigenvalue weighted by Gasteiger charge is -2.35. The Kier molecular flexibility index (Phi) is 4.57. The molecule has 0 saturated heterocycles. The minimum Gasteiger partial charge on any atom is -0.302 e. The van der Waals surface area contributed by atoms with E-state index >= 15 is 0 Å². The van der Waals surface area contributed by atoms with Crippen LogP contribution in [0.3, 0.4) is 0 Å². The molecule has 0 bridgehead atoms. The molecule has 0 heterocycles. The summed E-state index contributed by atoms with van der Waals surface area (Å²) in [5.74, 6) is 1.02. The molecule has 1 fully saturated rings. The molecular formula is C15H20BrNO. The normalized spacial score (nSPS) is 19.2. The van der Waals surface area contributed by atoms with Gasteiger partial charge in [-0.15, -0.1) is 0 Å². The predicted molar refractivity (Wildman–Crippen MR) is 77.5 cm³/mol. The molecule has 1 unspecified atom stereocenters. The van der Waals surface area contributed by atoms with E-state index in [-0.39, 0.29) is 0 Å². The van der Waals surface area contributed by atoms with Crippen LogP contribution in [0.5, 0.6) is 0 Å². The van der Waals surface area contributed by atoms with Gasteiger partial charge in [-0.05, 0) is 50.6 Å². The third-order valence-electron chi connectivity index (χ3n) is 3.78. The maximum absolute atomic E-state index is 11.4. The van der Waals surface area contributed by atoms with Gasteiger partial charge in [-0.25, -0.2) is 0 Å². The van der Waals surface area contributed by atoms with Crippen LogP contribution < -0.4 is 0 Å². The summed E-state index contributed by atoms with van der Waals surface area (Å²) in [4.78, 5) is 13.7. The molecule has 1 saturated carbocycles. The average molecular weight is 310 g/mol. The highest BCUT2D eigenvalue weighted by molar-refractivity contribution is 9.10. The number of nitrogens with zero attached hydrogens (tertiary/aromatic N) is 1. The van der Waals surface area contributed by atoms with Crippen molar-refractivity contribution in [3.05, 3.63) is 34.3 Å². The molecule has 18 heavy (non-hydrogen) atoms. The van der Waals surface area contributed by atoms with Gasteiger partial charge in [-0.2, -0.15) is 0 Å². The van der Waals surface area contributed by atoms with Gasteiger partial charge in [0, 0.05) is 23.4 Å². The van der Waals surface area contributed by atoms with Crippen molar-refractivity contribution < 1.29 is 4.79 Å². The zero-order chi connectivity index (χ0) is 13.1. The Bertz CT molecular complexity index is 420. The Morgan fingerprint density at radius 2 is 1.94 bits per heavy atom. The van der Waals surface area contributed by atoms with E-state index in [1.165, 1.54) is 5.56 Å². The smallest absolute Gasteiger partial charge is 0.132 e. The Morgan fingerprint density at radius 3 is 2.50 bits per heavy atom. The SMILES string of the molecule is CN(C)C(c1cccc(Br)c1)C1CCC(=O)CC1. The van der Waals surface area contributed by atoms with Crippen molar-refractivity contribution in [2.24, 2.45) is 5.92 Å². The van der Waals surface area contributed by atoms with Crippen molar-refractivity contribution >= 4 is 21.7 Å². The topological polar surface area (TPSA) is 20.3 Å². The lowest BCUT2D eigenvalue weighted by atomic mass is 9.80. The molecule has 2 rings (SSSR count). The first kappa shape index (κ1) is 13.8. The van der Waals surface area contributed by atoms with E-state index in [1.54, 1.807) is 0 Å². The van der Waals surface area contributed by atoms with Gasteiger partial charge < -0.3 is 4.90 Å². The number of hydrogen-bond donors (Lipinski definition) is 0. The summed E-state index contributed by atoms with van der Waals surface area (Å²) in [6.07, 6.45) is 3.55. The number of halogens is 1. The van der Waals surface area contributed by atoms with Gasteiger partial charge >= 0.3 is 0 Å². The predicted octanol–water partition coefficient (Wildman–Crippen LogP) is 3.81. The van der Waals surface area contributed by atoms with Crippen LogP contribution in [0.4, 0.5) is 0 Å². The quantitative estimate of drug-likeness (QED) is 0.846. The van der Waals surface area contributed by atoms with E-state index in [2.05, 4.69) is 59.2 Å². The van der Waals surface area contributed by atoms with Crippen molar-refractivity contribution in [1.82, 2.24) is 4.90 Å². The second-order valence-electron chi connectivity index (χ2n) is 5.34. The van der Waals surface area contributed by atoms with E-state index in [1.807, 2.05) is 0 Å². The molecule has 0 aliphatic heterocycles. The maximum Gasteiger partial charge on any atom is 0.132 e. The molecule has 1 atom stereocenters. The van der Waals surface area contributed by atoms with Crippen molar-refractivity contribution in [3.8, 4) is 0 Å². The molecule has 1 aromatic carbocycles. The Labute approximate surface area is 117 Å². The van der Waals surface area contributed by atoms with Crippen LogP contribution in [0, 0.1) is 5.92 Å². The molecule has 1 aliphatic rings. The molecular weight excluding hydrogens is 290 g/mol. The number of benzene rings is 1. The molecule has 0 amide bonds. The lowest BCUT2D eigenvalue weighted by Crippen LogP contribution is -2.30. The van der Waals surface area contributed by atoms with Gasteiger partial charge in [0.05, 0.1) is 0 Å². The number of hydrogen-bond acceptors (Lipinski definition) is 2. The van der Waals surface area contributed by atoms with E-state index < -0.39 is 0 Å². The highest BCUT2D eigenvalue weighted by atomic mass is 79.9. The van der Waals surface area contributed by atoms with Crippen LogP contribution >= 0.6 is 15.9 Å². The fraction of sp³-hybridized carbons (Fsp3) is 0.533. The molecule has 1 aliphatic carbocycles. The summed E-state index contributed by atoms with van der Waals surface area (Å²) in [5, 5.41) is 0. The molecule has 1 aromatic rings. The lowest BCUT2D eigenvalue weighted by molar-refractivity contribution is -0.121. The van der Waals surface area contributed by atoms with Gasteiger partial charge in [0.15, 0.2) is 0 Å². The first-order valence-electron chi connectivity index (χ1n) is 6.51. The first-order chi connectivity index (χ1) is 8.58. The Hall–Kier alpha value is -0.670. The van der Waals surface area contributed by atoms with Crippen LogP contribution in [0.1, 0.15) is 37.3 Å². The standard InChI is InChI=1S/C15H20BrNO/c1-17(2)15(11-6-8-14(18)9-7-11)12-4-3-5-13(16)10-12/h3-5,10-11,15H,6-9H2,1-2H3. The number of carbonyl (C=O) groups excluding carboxylic acids is 1. The van der Waals surface area contributed by atoms with Crippen LogP contribution in [0.15, 0.2) is 28.7 Å². The Balaban J connectivity index is 2.20. The molecule has 0 aromatic heterocycles. The van der Waals surface area contributed by atoms with E-state index in [4.69, 9.17) is 0 Å². The summed E-state index contributed by atoms with van der Waals surface area (Å²) in [6, 6.07) is 8.94. The van der Waals surface area contributed by atoms with Gasteiger partial charge in [0.1, 0.15) is 5.78 Å². The summed E-state index contributed by atoms with van der Waals surface area (Å²) in [7, 11) is 4.25. The van der Waals surface area contributed by atoms with Crippen molar-refractivity contribution in [2.75, 3.05) is 14.1 Å². The molecule has 0 N–H and O–H groups in total. The maximum atomic E-state index is 11.4. The summed E-state index contributed by atoms with van der Waals surface area (Å²) < 4.78 is 1.12. The fourth-order valence-electron chi connectivity index (χ4n) is 2.96. The van der Waals surface area contributed by atoms with E-state index in [0.29, 0.717) is 17.7 Å². The van der Waals surface area contributed by atoms with Gasteiger partial charge in [-0.3, -0.25) is 4.79 Å². The zero-order valence-corrected chi connectivity index (χ0v) is 12.6. The third kappa shape index (κ3) is 3.21.